The summed E-state index contributed by atoms with van der Waals surface area (Å²) in [5, 5.41) is 3.17. The van der Waals surface area contributed by atoms with Gasteiger partial charge in [-0.1, -0.05) is 6.92 Å². The molecule has 0 amide bonds. The summed E-state index contributed by atoms with van der Waals surface area (Å²) in [6, 6.07) is 6.57. The van der Waals surface area contributed by atoms with E-state index in [1.165, 1.54) is 19.5 Å². The molecule has 1 heterocycles. The van der Waals surface area contributed by atoms with E-state index in [2.05, 4.69) is 22.2 Å². The summed E-state index contributed by atoms with van der Waals surface area (Å²) in [4.78, 5) is 8.27. The van der Waals surface area contributed by atoms with Crippen LogP contribution in [0.25, 0.3) is 11.3 Å². The third kappa shape index (κ3) is 3.19. The molecular formula is C14H16FN3O. The Morgan fingerprint density at radius 3 is 2.79 bits per heavy atom. The standard InChI is InChI=1S/C14H16FN3O/c1-3-6-16-14-8-12(17-9-18-14)10-4-5-13(19-2)11(15)7-10/h4-5,7-9H,3,6H2,1-2H3,(H,16,17,18). The van der Waals surface area contributed by atoms with Crippen LogP contribution in [0.5, 0.6) is 5.75 Å². The lowest BCUT2D eigenvalue weighted by Gasteiger charge is -2.07. The second-order valence-corrected chi connectivity index (χ2v) is 4.06. The van der Waals surface area contributed by atoms with Gasteiger partial charge in [0.05, 0.1) is 12.8 Å². The highest BCUT2D eigenvalue weighted by atomic mass is 19.1. The van der Waals surface area contributed by atoms with Gasteiger partial charge in [-0.05, 0) is 24.6 Å². The van der Waals surface area contributed by atoms with Crippen LogP contribution < -0.4 is 10.1 Å². The van der Waals surface area contributed by atoms with E-state index in [9.17, 15) is 4.39 Å². The van der Waals surface area contributed by atoms with E-state index in [1.807, 2.05) is 0 Å². The minimum Gasteiger partial charge on any atom is -0.494 e. The minimum atomic E-state index is -0.401. The van der Waals surface area contributed by atoms with Crippen molar-refractivity contribution in [1.29, 1.82) is 0 Å². The van der Waals surface area contributed by atoms with Crippen LogP contribution in [0, 0.1) is 5.82 Å². The molecule has 1 aromatic heterocycles. The summed E-state index contributed by atoms with van der Waals surface area (Å²) in [6.07, 6.45) is 2.48. The average molecular weight is 261 g/mol. The van der Waals surface area contributed by atoms with E-state index < -0.39 is 5.82 Å². The lowest BCUT2D eigenvalue weighted by atomic mass is 10.1. The number of aromatic nitrogens is 2. The normalized spacial score (nSPS) is 10.3. The van der Waals surface area contributed by atoms with Gasteiger partial charge in [-0.25, -0.2) is 14.4 Å². The van der Waals surface area contributed by atoms with Gasteiger partial charge in [0.25, 0.3) is 0 Å². The summed E-state index contributed by atoms with van der Waals surface area (Å²) >= 11 is 0. The maximum absolute atomic E-state index is 13.7. The van der Waals surface area contributed by atoms with Gasteiger partial charge in [-0.3, -0.25) is 0 Å². The Balaban J connectivity index is 2.28. The quantitative estimate of drug-likeness (QED) is 0.898. The molecule has 0 saturated heterocycles. The molecular weight excluding hydrogens is 245 g/mol. The molecule has 0 radical (unpaired) electrons. The highest BCUT2D eigenvalue weighted by Gasteiger charge is 2.07. The summed E-state index contributed by atoms with van der Waals surface area (Å²) < 4.78 is 18.5. The fraction of sp³-hybridized carbons (Fsp3) is 0.286. The highest BCUT2D eigenvalue weighted by molar-refractivity contribution is 5.63. The molecule has 0 atom stereocenters. The van der Waals surface area contributed by atoms with Crippen molar-refractivity contribution in [3.8, 4) is 17.0 Å². The lowest BCUT2D eigenvalue weighted by molar-refractivity contribution is 0.386. The van der Waals surface area contributed by atoms with E-state index in [-0.39, 0.29) is 5.75 Å². The van der Waals surface area contributed by atoms with Crippen LogP contribution in [0.1, 0.15) is 13.3 Å². The molecule has 0 aliphatic carbocycles. The molecule has 1 aromatic carbocycles. The molecule has 0 fully saturated rings. The monoisotopic (exact) mass is 261 g/mol. The Kier molecular flexibility index (Phi) is 4.28. The number of halogens is 1. The number of ether oxygens (including phenoxy) is 1. The SMILES string of the molecule is CCCNc1cc(-c2ccc(OC)c(F)c2)ncn1. The van der Waals surface area contributed by atoms with Crippen molar-refractivity contribution >= 4 is 5.82 Å². The molecule has 0 aliphatic rings. The number of anilines is 1. The zero-order valence-corrected chi connectivity index (χ0v) is 11.0. The Labute approximate surface area is 111 Å². The summed E-state index contributed by atoms with van der Waals surface area (Å²) in [6.45, 7) is 2.92. The maximum atomic E-state index is 13.7. The number of methoxy groups -OCH3 is 1. The summed E-state index contributed by atoms with van der Waals surface area (Å²) in [7, 11) is 1.44. The van der Waals surface area contributed by atoms with Crippen LogP contribution in [0.4, 0.5) is 10.2 Å². The Bertz CT molecular complexity index is 560. The van der Waals surface area contributed by atoms with Crippen molar-refractivity contribution in [3.63, 3.8) is 0 Å². The van der Waals surface area contributed by atoms with Crippen molar-refractivity contribution in [3.05, 3.63) is 36.4 Å². The van der Waals surface area contributed by atoms with Crippen LogP contribution >= 0.6 is 0 Å². The molecule has 0 spiro atoms. The van der Waals surface area contributed by atoms with Crippen molar-refractivity contribution in [1.82, 2.24) is 9.97 Å². The van der Waals surface area contributed by atoms with E-state index in [0.29, 0.717) is 11.3 Å². The van der Waals surface area contributed by atoms with Gasteiger partial charge in [0.1, 0.15) is 12.1 Å². The number of benzene rings is 1. The summed E-state index contributed by atoms with van der Waals surface area (Å²) in [5.41, 5.74) is 1.37. The second-order valence-electron chi connectivity index (χ2n) is 4.06. The Morgan fingerprint density at radius 1 is 1.26 bits per heavy atom. The summed E-state index contributed by atoms with van der Waals surface area (Å²) in [5.74, 6) is 0.562. The van der Waals surface area contributed by atoms with Crippen LogP contribution in [0.15, 0.2) is 30.6 Å². The molecule has 2 rings (SSSR count). The first kappa shape index (κ1) is 13.3. The van der Waals surface area contributed by atoms with Crippen LogP contribution in [0.2, 0.25) is 0 Å². The van der Waals surface area contributed by atoms with E-state index in [0.717, 1.165) is 18.8 Å². The van der Waals surface area contributed by atoms with Crippen molar-refractivity contribution in [2.45, 2.75) is 13.3 Å². The molecule has 0 unspecified atom stereocenters. The second kappa shape index (κ2) is 6.13. The largest absolute Gasteiger partial charge is 0.494 e. The van der Waals surface area contributed by atoms with Gasteiger partial charge in [-0.15, -0.1) is 0 Å². The fourth-order valence-electron chi connectivity index (χ4n) is 1.69. The van der Waals surface area contributed by atoms with Crippen LogP contribution in [-0.4, -0.2) is 23.6 Å². The smallest absolute Gasteiger partial charge is 0.165 e. The molecule has 0 saturated carbocycles. The molecule has 0 aliphatic heterocycles. The number of nitrogens with zero attached hydrogens (tertiary/aromatic N) is 2. The first-order valence-electron chi connectivity index (χ1n) is 6.14. The fourth-order valence-corrected chi connectivity index (χ4v) is 1.69. The molecule has 100 valence electrons. The maximum Gasteiger partial charge on any atom is 0.165 e. The number of rotatable bonds is 5. The topological polar surface area (TPSA) is 47.0 Å². The van der Waals surface area contributed by atoms with Gasteiger partial charge in [0, 0.05) is 18.2 Å². The number of hydrogen-bond acceptors (Lipinski definition) is 4. The molecule has 19 heavy (non-hydrogen) atoms. The minimum absolute atomic E-state index is 0.224. The number of hydrogen-bond donors (Lipinski definition) is 1. The van der Waals surface area contributed by atoms with Gasteiger partial charge < -0.3 is 10.1 Å². The van der Waals surface area contributed by atoms with E-state index in [1.54, 1.807) is 18.2 Å². The zero-order chi connectivity index (χ0) is 13.7. The third-order valence-corrected chi connectivity index (χ3v) is 2.67. The Morgan fingerprint density at radius 2 is 2.11 bits per heavy atom. The van der Waals surface area contributed by atoms with E-state index >= 15 is 0 Å². The van der Waals surface area contributed by atoms with Crippen LogP contribution in [-0.2, 0) is 0 Å². The Hall–Kier alpha value is -2.17. The molecule has 5 heteroatoms. The predicted molar refractivity (Wildman–Crippen MR) is 72.8 cm³/mol. The zero-order valence-electron chi connectivity index (χ0n) is 11.0. The number of nitrogens with one attached hydrogen (secondary N) is 1. The molecule has 4 nitrogen and oxygen atoms in total. The van der Waals surface area contributed by atoms with Gasteiger partial charge in [0.2, 0.25) is 0 Å². The predicted octanol–water partition coefficient (Wildman–Crippen LogP) is 3.11. The van der Waals surface area contributed by atoms with Crippen molar-refractivity contribution in [2.24, 2.45) is 0 Å². The van der Waals surface area contributed by atoms with Gasteiger partial charge in [-0.2, -0.15) is 0 Å². The highest BCUT2D eigenvalue weighted by Crippen LogP contribution is 2.24. The molecule has 2 aromatic rings. The van der Waals surface area contributed by atoms with Gasteiger partial charge in [0.15, 0.2) is 11.6 Å². The van der Waals surface area contributed by atoms with Crippen LogP contribution in [0.3, 0.4) is 0 Å². The first-order chi connectivity index (χ1) is 9.24. The molecule has 1 N–H and O–H groups in total. The van der Waals surface area contributed by atoms with Crippen molar-refractivity contribution in [2.75, 3.05) is 19.0 Å². The van der Waals surface area contributed by atoms with E-state index in [4.69, 9.17) is 4.74 Å². The first-order valence-corrected chi connectivity index (χ1v) is 6.14. The third-order valence-electron chi connectivity index (χ3n) is 2.67. The molecule has 0 bridgehead atoms. The lowest BCUT2D eigenvalue weighted by Crippen LogP contribution is -2.02. The van der Waals surface area contributed by atoms with Crippen molar-refractivity contribution < 1.29 is 9.13 Å². The van der Waals surface area contributed by atoms with Gasteiger partial charge >= 0.3 is 0 Å². The average Bonchev–Trinajstić information content (AvgIpc) is 2.45.